The molecule has 1 aromatic rings. The lowest BCUT2D eigenvalue weighted by molar-refractivity contribution is 0.00578. The fraction of sp³-hybridized carbons (Fsp3) is 0.619. The zero-order chi connectivity index (χ0) is 20.5. The van der Waals surface area contributed by atoms with Gasteiger partial charge in [-0.15, -0.1) is 0 Å². The van der Waals surface area contributed by atoms with Gasteiger partial charge in [0.1, 0.15) is 18.0 Å². The quantitative estimate of drug-likeness (QED) is 0.538. The van der Waals surface area contributed by atoms with Gasteiger partial charge >= 0.3 is 7.12 Å². The summed E-state index contributed by atoms with van der Waals surface area (Å²) >= 11 is 0. The summed E-state index contributed by atoms with van der Waals surface area (Å²) in [5.74, 6) is 1.45. The molecule has 5 nitrogen and oxygen atoms in total. The molecular formula is C21H34BNO4. The average molecular weight is 375 g/mol. The van der Waals surface area contributed by atoms with E-state index in [0.717, 1.165) is 11.2 Å². The minimum absolute atomic E-state index is 0.254. The molecule has 0 saturated carbocycles. The van der Waals surface area contributed by atoms with Crippen molar-refractivity contribution in [2.45, 2.75) is 65.3 Å². The Labute approximate surface area is 164 Å². The van der Waals surface area contributed by atoms with Gasteiger partial charge < -0.3 is 23.7 Å². The van der Waals surface area contributed by atoms with E-state index in [-0.39, 0.29) is 23.9 Å². The van der Waals surface area contributed by atoms with Crippen molar-refractivity contribution < 1.29 is 18.8 Å². The molecule has 0 spiro atoms. The van der Waals surface area contributed by atoms with Crippen LogP contribution in [0.2, 0.25) is 0 Å². The highest BCUT2D eigenvalue weighted by Gasteiger charge is 2.51. The van der Waals surface area contributed by atoms with E-state index >= 15 is 0 Å². The second-order valence-electron chi connectivity index (χ2n) is 9.04. The zero-order valence-corrected chi connectivity index (χ0v) is 18.1. The van der Waals surface area contributed by atoms with Gasteiger partial charge in [0.25, 0.3) is 0 Å². The Morgan fingerprint density at radius 3 is 2.07 bits per heavy atom. The van der Waals surface area contributed by atoms with Gasteiger partial charge in [0.05, 0.1) is 17.7 Å². The molecule has 0 radical (unpaired) electrons. The number of hydrogen-bond donors (Lipinski definition) is 0. The van der Waals surface area contributed by atoms with E-state index in [1.807, 2.05) is 57.0 Å². The smallest absolute Gasteiger partial charge is 0.492 e. The number of ether oxygens (including phenoxy) is 2. The topological polar surface area (TPSA) is 40.2 Å². The van der Waals surface area contributed by atoms with Crippen molar-refractivity contribution in [2.24, 2.45) is 0 Å². The molecule has 0 bridgehead atoms. The molecule has 1 fully saturated rings. The van der Waals surface area contributed by atoms with Crippen molar-refractivity contribution in [1.29, 1.82) is 0 Å². The van der Waals surface area contributed by atoms with Gasteiger partial charge in [0, 0.05) is 7.05 Å². The Bertz CT molecular complexity index is 633. The third kappa shape index (κ3) is 5.66. The van der Waals surface area contributed by atoms with Crippen molar-refractivity contribution in [3.05, 3.63) is 36.7 Å². The van der Waals surface area contributed by atoms with Crippen LogP contribution in [0.5, 0.6) is 5.75 Å². The summed E-state index contributed by atoms with van der Waals surface area (Å²) in [5.41, 5.74) is 0.0597. The van der Waals surface area contributed by atoms with E-state index in [2.05, 4.69) is 34.3 Å². The van der Waals surface area contributed by atoms with Gasteiger partial charge in [-0.2, -0.15) is 0 Å². The van der Waals surface area contributed by atoms with Crippen molar-refractivity contribution in [3.8, 4) is 5.75 Å². The highest BCUT2D eigenvalue weighted by atomic mass is 16.7. The lowest BCUT2D eigenvalue weighted by Crippen LogP contribution is -2.41. The molecule has 27 heavy (non-hydrogen) atoms. The Balaban J connectivity index is 1.84. The summed E-state index contributed by atoms with van der Waals surface area (Å²) < 4.78 is 23.7. The predicted molar refractivity (Wildman–Crippen MR) is 110 cm³/mol. The maximum Gasteiger partial charge on any atom is 0.494 e. The average Bonchev–Trinajstić information content (AvgIpc) is 2.74. The van der Waals surface area contributed by atoms with Gasteiger partial charge in [0.2, 0.25) is 0 Å². The predicted octanol–water partition coefficient (Wildman–Crippen LogP) is 3.58. The summed E-state index contributed by atoms with van der Waals surface area (Å²) in [6.45, 7) is 19.4. The molecule has 2 rings (SSSR count). The molecule has 1 heterocycles. The van der Waals surface area contributed by atoms with Gasteiger partial charge in [-0.3, -0.25) is 0 Å². The van der Waals surface area contributed by atoms with Crippen molar-refractivity contribution >= 4 is 12.6 Å². The van der Waals surface area contributed by atoms with Crippen LogP contribution in [0, 0.1) is 0 Å². The van der Waals surface area contributed by atoms with E-state index in [4.69, 9.17) is 18.8 Å². The molecular weight excluding hydrogens is 341 g/mol. The zero-order valence-electron chi connectivity index (χ0n) is 18.1. The van der Waals surface area contributed by atoms with Crippen molar-refractivity contribution in [1.82, 2.24) is 4.90 Å². The second kappa shape index (κ2) is 7.76. The summed E-state index contributed by atoms with van der Waals surface area (Å²) in [6, 6.07) is 7.87. The van der Waals surface area contributed by atoms with Crippen molar-refractivity contribution in [2.75, 3.05) is 20.2 Å². The Hall–Kier alpha value is -1.66. The summed E-state index contributed by atoms with van der Waals surface area (Å²) in [6.07, 6.45) is 0. The van der Waals surface area contributed by atoms with Crippen LogP contribution in [0.1, 0.15) is 48.5 Å². The van der Waals surface area contributed by atoms with Crippen LogP contribution in [0.25, 0.3) is 0 Å². The molecule has 0 aliphatic carbocycles. The highest BCUT2D eigenvalue weighted by molar-refractivity contribution is 6.62. The third-order valence-corrected chi connectivity index (χ3v) is 4.95. The highest BCUT2D eigenvalue weighted by Crippen LogP contribution is 2.36. The molecule has 1 aliphatic heterocycles. The Kier molecular flexibility index (Phi) is 6.22. The van der Waals surface area contributed by atoms with Crippen LogP contribution >= 0.6 is 0 Å². The largest absolute Gasteiger partial charge is 0.494 e. The van der Waals surface area contributed by atoms with E-state index in [1.54, 1.807) is 0 Å². The van der Waals surface area contributed by atoms with Gasteiger partial charge in [0.15, 0.2) is 5.88 Å². The first-order valence-corrected chi connectivity index (χ1v) is 9.48. The van der Waals surface area contributed by atoms with Crippen molar-refractivity contribution in [3.63, 3.8) is 0 Å². The fourth-order valence-corrected chi connectivity index (χ4v) is 2.56. The van der Waals surface area contributed by atoms with Crippen LogP contribution in [0.3, 0.4) is 0 Å². The fourth-order valence-electron chi connectivity index (χ4n) is 2.56. The van der Waals surface area contributed by atoms with E-state index in [1.165, 1.54) is 0 Å². The molecule has 1 saturated heterocycles. The first-order chi connectivity index (χ1) is 12.3. The van der Waals surface area contributed by atoms with Crippen LogP contribution in [-0.2, 0) is 14.0 Å². The number of rotatable bonds is 7. The third-order valence-electron chi connectivity index (χ3n) is 4.95. The number of nitrogens with zero attached hydrogens (tertiary/aromatic N) is 1. The SMILES string of the molecule is C=C(OC(C)(C)C)N(C)CCOc1ccc(B2OC(C)(C)C(C)(C)O2)cc1. The molecule has 0 unspecified atom stereocenters. The molecule has 0 aromatic heterocycles. The minimum Gasteiger partial charge on any atom is -0.492 e. The standard InChI is InChI=1S/C21H34BNO4/c1-16(25-19(2,3)4)23(9)14-15-24-18-12-10-17(11-13-18)22-26-20(5,6)21(7,8)27-22/h10-13H,1,14-15H2,2-9H3. The van der Waals surface area contributed by atoms with Crippen LogP contribution < -0.4 is 10.2 Å². The maximum atomic E-state index is 6.08. The molecule has 1 aromatic carbocycles. The molecule has 150 valence electrons. The van der Waals surface area contributed by atoms with Gasteiger partial charge in [-0.25, -0.2) is 0 Å². The van der Waals surface area contributed by atoms with E-state index < -0.39 is 0 Å². The monoisotopic (exact) mass is 375 g/mol. The first kappa shape index (κ1) is 21.6. The second-order valence-corrected chi connectivity index (χ2v) is 9.04. The first-order valence-electron chi connectivity index (χ1n) is 9.48. The van der Waals surface area contributed by atoms with Gasteiger partial charge in [-0.1, -0.05) is 12.1 Å². The molecule has 6 heteroatoms. The normalized spacial score (nSPS) is 18.3. The van der Waals surface area contributed by atoms with Gasteiger partial charge in [-0.05, 0) is 72.6 Å². The van der Waals surface area contributed by atoms with E-state index in [0.29, 0.717) is 19.0 Å². The maximum absolute atomic E-state index is 6.08. The Morgan fingerprint density at radius 2 is 1.59 bits per heavy atom. The summed E-state index contributed by atoms with van der Waals surface area (Å²) in [5, 5.41) is 0. The number of likely N-dealkylation sites (N-methyl/N-ethyl adjacent to an activating group) is 1. The van der Waals surface area contributed by atoms with Crippen LogP contribution in [0.4, 0.5) is 0 Å². The molecule has 1 aliphatic rings. The summed E-state index contributed by atoms with van der Waals surface area (Å²) in [7, 11) is 1.59. The number of hydrogen-bond acceptors (Lipinski definition) is 5. The Morgan fingerprint density at radius 1 is 1.07 bits per heavy atom. The van der Waals surface area contributed by atoms with E-state index in [9.17, 15) is 0 Å². The minimum atomic E-state index is -0.354. The number of benzene rings is 1. The lowest BCUT2D eigenvalue weighted by Gasteiger charge is -2.32. The lowest BCUT2D eigenvalue weighted by atomic mass is 9.79. The summed E-state index contributed by atoms with van der Waals surface area (Å²) in [4.78, 5) is 1.95. The molecule has 0 amide bonds. The van der Waals surface area contributed by atoms with Crippen LogP contribution in [0.15, 0.2) is 36.7 Å². The van der Waals surface area contributed by atoms with Crippen LogP contribution in [-0.4, -0.2) is 49.0 Å². The molecule has 0 N–H and O–H groups in total. The molecule has 0 atom stereocenters.